The Kier molecular flexibility index (Phi) is 16.9. The van der Waals surface area contributed by atoms with E-state index in [1.807, 2.05) is 0 Å². The average Bonchev–Trinajstić information content (AvgIpc) is 2.34. The van der Waals surface area contributed by atoms with Gasteiger partial charge in [0.2, 0.25) is 0 Å². The maximum atomic E-state index is 9.22. The first kappa shape index (κ1) is 21.7. The molecule has 2 nitrogen and oxygen atoms in total. The molecule has 0 bridgehead atoms. The van der Waals surface area contributed by atoms with Gasteiger partial charge in [-0.1, -0.05) is 46.0 Å². The van der Waals surface area contributed by atoms with E-state index in [2.05, 4.69) is 20.9 Å². The van der Waals surface area contributed by atoms with Gasteiger partial charge < -0.3 is 26.6 Å². The van der Waals surface area contributed by atoms with Crippen molar-refractivity contribution in [3.63, 3.8) is 0 Å². The summed E-state index contributed by atoms with van der Waals surface area (Å²) in [6.45, 7) is 8.27. The molecule has 0 aliphatic heterocycles. The molecule has 0 aliphatic carbocycles. The lowest BCUT2D eigenvalue weighted by molar-refractivity contribution is -0.910. The van der Waals surface area contributed by atoms with Crippen LogP contribution in [-0.4, -0.2) is 42.9 Å². The molecule has 1 N–H and O–H groups in total. The van der Waals surface area contributed by atoms with Crippen molar-refractivity contribution in [2.75, 3.05) is 33.3 Å². The minimum absolute atomic E-state index is 0. The van der Waals surface area contributed by atoms with Crippen molar-refractivity contribution < 1.29 is 26.6 Å². The lowest BCUT2D eigenvalue weighted by Crippen LogP contribution is -3.00. The third-order valence-corrected chi connectivity index (χ3v) is 3.99. The van der Waals surface area contributed by atoms with Crippen molar-refractivity contribution in [3.8, 4) is 0 Å². The van der Waals surface area contributed by atoms with Gasteiger partial charge in [0.15, 0.2) is 0 Å². The molecule has 0 radical (unpaired) electrons. The number of hydrogen-bond donors (Lipinski definition) is 1. The van der Waals surface area contributed by atoms with Crippen LogP contribution in [0.3, 0.4) is 0 Å². The molecule has 1 atom stereocenters. The van der Waals surface area contributed by atoms with Gasteiger partial charge in [-0.25, -0.2) is 0 Å². The zero-order chi connectivity index (χ0) is 13.7. The van der Waals surface area contributed by atoms with Gasteiger partial charge in [0, 0.05) is 0 Å². The predicted molar refractivity (Wildman–Crippen MR) is 80.8 cm³/mol. The lowest BCUT2D eigenvalue weighted by atomic mass is 10.1. The minimum Gasteiger partial charge on any atom is -1.00 e. The van der Waals surface area contributed by atoms with Crippen molar-refractivity contribution in [1.29, 1.82) is 0 Å². The van der Waals surface area contributed by atoms with Crippen LogP contribution in [0.4, 0.5) is 0 Å². The number of halogens is 1. The van der Waals surface area contributed by atoms with E-state index in [0.29, 0.717) is 6.61 Å². The number of aliphatic hydroxyl groups excluding tert-OH is 1. The number of rotatable bonds is 13. The number of likely N-dealkylation sites (N-methyl/N-ethyl adjacent to an activating group) is 1. The highest BCUT2D eigenvalue weighted by molar-refractivity contribution is 4.47. The SMILES string of the molecule is CCCCCCCC[N+](C)(CCO)CCCCC.[Br-]. The fourth-order valence-corrected chi connectivity index (χ4v) is 2.59. The summed E-state index contributed by atoms with van der Waals surface area (Å²) in [5.74, 6) is 0. The fourth-order valence-electron chi connectivity index (χ4n) is 2.59. The number of unbranched alkanes of at least 4 members (excludes halogenated alkanes) is 7. The second-order valence-corrected chi connectivity index (χ2v) is 5.99. The monoisotopic (exact) mass is 337 g/mol. The standard InChI is InChI=1S/C16H36NO.BrH/c1-4-6-8-9-10-12-14-17(3,15-16-18)13-11-7-5-2;/h18H,4-16H2,1-3H3;1H/q+1;/p-1. The molecule has 0 rings (SSSR count). The quantitative estimate of drug-likeness (QED) is 0.392. The van der Waals surface area contributed by atoms with Crippen LogP contribution in [0.25, 0.3) is 0 Å². The van der Waals surface area contributed by atoms with Gasteiger partial charge in [-0.15, -0.1) is 0 Å². The van der Waals surface area contributed by atoms with Gasteiger partial charge >= 0.3 is 0 Å². The van der Waals surface area contributed by atoms with E-state index in [0.717, 1.165) is 11.0 Å². The highest BCUT2D eigenvalue weighted by Gasteiger charge is 2.19. The predicted octanol–water partition coefficient (Wildman–Crippen LogP) is 0.980. The molecule has 0 saturated heterocycles. The third-order valence-electron chi connectivity index (χ3n) is 3.99. The Morgan fingerprint density at radius 2 is 1.11 bits per heavy atom. The number of aliphatic hydroxyl groups is 1. The molecule has 0 amide bonds. The van der Waals surface area contributed by atoms with Crippen molar-refractivity contribution in [3.05, 3.63) is 0 Å². The average molecular weight is 338 g/mol. The summed E-state index contributed by atoms with van der Waals surface area (Å²) in [5, 5.41) is 9.22. The summed E-state index contributed by atoms with van der Waals surface area (Å²) in [7, 11) is 2.32. The van der Waals surface area contributed by atoms with Gasteiger partial charge in [-0.3, -0.25) is 0 Å². The largest absolute Gasteiger partial charge is 1.00 e. The second kappa shape index (κ2) is 14.8. The molecule has 0 aromatic rings. The molecule has 19 heavy (non-hydrogen) atoms. The van der Waals surface area contributed by atoms with Crippen molar-refractivity contribution >= 4 is 0 Å². The number of nitrogens with zero attached hydrogens (tertiary/aromatic N) is 1. The van der Waals surface area contributed by atoms with E-state index in [1.54, 1.807) is 0 Å². The van der Waals surface area contributed by atoms with Crippen molar-refractivity contribution in [1.82, 2.24) is 0 Å². The van der Waals surface area contributed by atoms with Crippen LogP contribution >= 0.6 is 0 Å². The van der Waals surface area contributed by atoms with E-state index >= 15 is 0 Å². The molecule has 118 valence electrons. The number of hydrogen-bond acceptors (Lipinski definition) is 1. The van der Waals surface area contributed by atoms with E-state index in [4.69, 9.17) is 0 Å². The first-order chi connectivity index (χ1) is 8.68. The van der Waals surface area contributed by atoms with Crippen LogP contribution in [0, 0.1) is 0 Å². The van der Waals surface area contributed by atoms with Crippen molar-refractivity contribution in [2.45, 2.75) is 71.6 Å². The molecule has 0 fully saturated rings. The highest BCUT2D eigenvalue weighted by Crippen LogP contribution is 2.12. The summed E-state index contributed by atoms with van der Waals surface area (Å²) in [5.41, 5.74) is 0. The van der Waals surface area contributed by atoms with Crippen LogP contribution in [0.2, 0.25) is 0 Å². The molecule has 0 aromatic carbocycles. The zero-order valence-corrected chi connectivity index (χ0v) is 15.1. The van der Waals surface area contributed by atoms with Gasteiger partial charge in [0.05, 0.1) is 26.7 Å². The molecule has 0 heterocycles. The lowest BCUT2D eigenvalue weighted by Gasteiger charge is -2.34. The minimum atomic E-state index is 0. The molecular weight excluding hydrogens is 302 g/mol. The van der Waals surface area contributed by atoms with Gasteiger partial charge in [0.25, 0.3) is 0 Å². The maximum Gasteiger partial charge on any atom is 0.102 e. The molecule has 3 heteroatoms. The van der Waals surface area contributed by atoms with E-state index in [1.165, 1.54) is 70.9 Å². The van der Waals surface area contributed by atoms with E-state index in [9.17, 15) is 5.11 Å². The first-order valence-corrected chi connectivity index (χ1v) is 8.13. The molecule has 1 unspecified atom stereocenters. The first-order valence-electron chi connectivity index (χ1n) is 8.13. The summed E-state index contributed by atoms with van der Waals surface area (Å²) in [6, 6.07) is 0. The molecule has 0 spiro atoms. The number of quaternary nitrogens is 1. The Balaban J connectivity index is 0. The maximum absolute atomic E-state index is 9.22. The molecule has 0 saturated carbocycles. The van der Waals surface area contributed by atoms with Gasteiger partial charge in [-0.05, 0) is 25.7 Å². The Labute approximate surface area is 131 Å². The Bertz CT molecular complexity index is 178. The highest BCUT2D eigenvalue weighted by atomic mass is 79.9. The summed E-state index contributed by atoms with van der Waals surface area (Å²) < 4.78 is 1.07. The molecule has 0 aromatic heterocycles. The normalized spacial score (nSPS) is 13.9. The van der Waals surface area contributed by atoms with Gasteiger partial charge in [0.1, 0.15) is 6.54 Å². The third kappa shape index (κ3) is 13.1. The molecular formula is C16H36BrNO. The van der Waals surface area contributed by atoms with Crippen LogP contribution in [0.15, 0.2) is 0 Å². The topological polar surface area (TPSA) is 20.2 Å². The Morgan fingerprint density at radius 1 is 0.684 bits per heavy atom. The van der Waals surface area contributed by atoms with E-state index < -0.39 is 0 Å². The van der Waals surface area contributed by atoms with Crippen LogP contribution in [0.1, 0.15) is 71.6 Å². The van der Waals surface area contributed by atoms with Crippen LogP contribution in [0.5, 0.6) is 0 Å². The van der Waals surface area contributed by atoms with Crippen molar-refractivity contribution in [2.24, 2.45) is 0 Å². The zero-order valence-electron chi connectivity index (χ0n) is 13.5. The second-order valence-electron chi connectivity index (χ2n) is 5.99. The Hall–Kier alpha value is 0.400. The van der Waals surface area contributed by atoms with Gasteiger partial charge in [-0.2, -0.15) is 0 Å². The summed E-state index contributed by atoms with van der Waals surface area (Å²) in [6.07, 6.45) is 12.1. The smallest absolute Gasteiger partial charge is 0.102 e. The van der Waals surface area contributed by atoms with Crippen LogP contribution in [-0.2, 0) is 0 Å². The summed E-state index contributed by atoms with van der Waals surface area (Å²) >= 11 is 0. The van der Waals surface area contributed by atoms with Crippen LogP contribution < -0.4 is 17.0 Å². The summed E-state index contributed by atoms with van der Waals surface area (Å²) in [4.78, 5) is 0. The Morgan fingerprint density at radius 3 is 1.63 bits per heavy atom. The van der Waals surface area contributed by atoms with E-state index in [-0.39, 0.29) is 17.0 Å². The fraction of sp³-hybridized carbons (Fsp3) is 1.00. The molecule has 0 aliphatic rings.